The fourth-order valence-corrected chi connectivity index (χ4v) is 6.02. The molecular weight excluding hydrogens is 526 g/mol. The van der Waals surface area contributed by atoms with Gasteiger partial charge in [-0.25, -0.2) is 15.0 Å². The molecule has 0 N–H and O–H groups in total. The maximum absolute atomic E-state index is 6.27. The van der Waals surface area contributed by atoms with Crippen molar-refractivity contribution in [3.05, 3.63) is 140 Å². The zero-order valence-corrected chi connectivity index (χ0v) is 23.0. The Morgan fingerprint density at radius 3 is 1.30 bits per heavy atom. The maximum Gasteiger partial charge on any atom is 0.164 e. The highest BCUT2D eigenvalue weighted by atomic mass is 16.3. The summed E-state index contributed by atoms with van der Waals surface area (Å²) in [5.74, 6) is 1.91. The average Bonchev–Trinajstić information content (AvgIpc) is 3.43. The minimum atomic E-state index is 0.623. The van der Waals surface area contributed by atoms with Crippen molar-refractivity contribution >= 4 is 54.3 Å². The van der Waals surface area contributed by atoms with E-state index in [1.54, 1.807) is 0 Å². The van der Waals surface area contributed by atoms with Crippen molar-refractivity contribution < 1.29 is 4.42 Å². The summed E-state index contributed by atoms with van der Waals surface area (Å²) in [6.07, 6.45) is 0. The highest BCUT2D eigenvalue weighted by Crippen LogP contribution is 2.35. The molecule has 0 saturated heterocycles. The van der Waals surface area contributed by atoms with E-state index in [0.29, 0.717) is 17.5 Å². The summed E-state index contributed by atoms with van der Waals surface area (Å²) in [7, 11) is 0. The molecular formula is C39H23N3O. The first-order valence-corrected chi connectivity index (χ1v) is 14.4. The Hall–Kier alpha value is -5.87. The number of fused-ring (bicyclic) bond motifs is 6. The van der Waals surface area contributed by atoms with E-state index >= 15 is 0 Å². The highest BCUT2D eigenvalue weighted by molar-refractivity contribution is 6.10. The van der Waals surface area contributed by atoms with Crippen molar-refractivity contribution in [2.45, 2.75) is 0 Å². The first-order chi connectivity index (χ1) is 21.2. The Bertz CT molecular complexity index is 2430. The van der Waals surface area contributed by atoms with Gasteiger partial charge in [0.25, 0.3) is 0 Å². The van der Waals surface area contributed by atoms with Gasteiger partial charge in [-0.2, -0.15) is 0 Å². The van der Waals surface area contributed by atoms with Crippen LogP contribution < -0.4 is 0 Å². The van der Waals surface area contributed by atoms with Gasteiger partial charge in [-0.1, -0.05) is 97.1 Å². The molecule has 0 fully saturated rings. The minimum absolute atomic E-state index is 0.623. The quantitative estimate of drug-likeness (QED) is 0.220. The van der Waals surface area contributed by atoms with E-state index in [-0.39, 0.29) is 0 Å². The lowest BCUT2D eigenvalue weighted by Gasteiger charge is -2.10. The number of hydrogen-bond acceptors (Lipinski definition) is 4. The fraction of sp³-hybridized carbons (Fsp3) is 0. The first kappa shape index (κ1) is 23.8. The summed E-state index contributed by atoms with van der Waals surface area (Å²) in [6.45, 7) is 0. The molecule has 0 saturated carbocycles. The van der Waals surface area contributed by atoms with Gasteiger partial charge in [0.2, 0.25) is 0 Å². The summed E-state index contributed by atoms with van der Waals surface area (Å²) < 4.78 is 6.27. The van der Waals surface area contributed by atoms with Gasteiger partial charge >= 0.3 is 0 Å². The molecule has 0 atom stereocenters. The van der Waals surface area contributed by atoms with Crippen LogP contribution in [0.2, 0.25) is 0 Å². The van der Waals surface area contributed by atoms with Gasteiger partial charge in [-0.3, -0.25) is 0 Å². The Morgan fingerprint density at radius 1 is 0.326 bits per heavy atom. The van der Waals surface area contributed by atoms with Gasteiger partial charge in [-0.05, 0) is 74.8 Å². The zero-order valence-electron chi connectivity index (χ0n) is 23.0. The number of rotatable bonds is 3. The molecule has 7 aromatic carbocycles. The van der Waals surface area contributed by atoms with Crippen LogP contribution in [-0.2, 0) is 0 Å². The summed E-state index contributed by atoms with van der Waals surface area (Å²) in [5, 5.41) is 9.11. The normalized spacial score (nSPS) is 11.7. The van der Waals surface area contributed by atoms with E-state index < -0.39 is 0 Å². The van der Waals surface area contributed by atoms with Crippen molar-refractivity contribution in [1.29, 1.82) is 0 Å². The Labute approximate surface area is 246 Å². The smallest absolute Gasteiger partial charge is 0.164 e. The van der Waals surface area contributed by atoms with Crippen LogP contribution >= 0.6 is 0 Å². The van der Waals surface area contributed by atoms with Gasteiger partial charge in [0.15, 0.2) is 17.5 Å². The SMILES string of the molecule is c1ccc2cc(-c3nc(-c4ccc5ccccc5c4)nc(-c4ccc5oc6cc7ccccc7cc6c5c4)n3)ccc2c1. The molecule has 0 aliphatic carbocycles. The number of aromatic nitrogens is 3. The molecule has 9 rings (SSSR count). The third-order valence-electron chi connectivity index (χ3n) is 8.25. The second-order valence-electron chi connectivity index (χ2n) is 10.9. The van der Waals surface area contributed by atoms with Crippen LogP contribution in [0.3, 0.4) is 0 Å². The van der Waals surface area contributed by atoms with Crippen molar-refractivity contribution in [3.63, 3.8) is 0 Å². The Morgan fingerprint density at radius 2 is 0.744 bits per heavy atom. The molecule has 0 radical (unpaired) electrons. The highest BCUT2D eigenvalue weighted by Gasteiger charge is 2.16. The minimum Gasteiger partial charge on any atom is -0.456 e. The molecule has 4 nitrogen and oxygen atoms in total. The molecule has 0 aliphatic heterocycles. The fourth-order valence-electron chi connectivity index (χ4n) is 6.02. The van der Waals surface area contributed by atoms with Gasteiger partial charge in [0.1, 0.15) is 11.2 Å². The van der Waals surface area contributed by atoms with Crippen LogP contribution in [0, 0.1) is 0 Å². The molecule has 0 unspecified atom stereocenters. The molecule has 4 heteroatoms. The van der Waals surface area contributed by atoms with E-state index in [1.165, 1.54) is 16.2 Å². The van der Waals surface area contributed by atoms with E-state index in [4.69, 9.17) is 19.4 Å². The zero-order chi connectivity index (χ0) is 28.3. The molecule has 200 valence electrons. The molecule has 2 heterocycles. The summed E-state index contributed by atoms with van der Waals surface area (Å²) >= 11 is 0. The average molecular weight is 550 g/mol. The van der Waals surface area contributed by atoms with Crippen molar-refractivity contribution in [2.75, 3.05) is 0 Å². The van der Waals surface area contributed by atoms with Gasteiger partial charge in [-0.15, -0.1) is 0 Å². The predicted octanol–water partition coefficient (Wildman–Crippen LogP) is 10.2. The predicted molar refractivity (Wildman–Crippen MR) is 176 cm³/mol. The van der Waals surface area contributed by atoms with E-state index in [2.05, 4.69) is 127 Å². The van der Waals surface area contributed by atoms with Crippen LogP contribution in [-0.4, -0.2) is 15.0 Å². The van der Waals surface area contributed by atoms with Gasteiger partial charge in [0.05, 0.1) is 0 Å². The molecule has 0 bridgehead atoms. The first-order valence-electron chi connectivity index (χ1n) is 14.4. The Balaban J connectivity index is 1.26. The van der Waals surface area contributed by atoms with E-state index in [9.17, 15) is 0 Å². The molecule has 0 spiro atoms. The Kier molecular flexibility index (Phi) is 5.16. The van der Waals surface area contributed by atoms with Gasteiger partial charge in [0, 0.05) is 27.5 Å². The van der Waals surface area contributed by atoms with Crippen LogP contribution in [0.15, 0.2) is 144 Å². The third-order valence-corrected chi connectivity index (χ3v) is 8.25. The standard InChI is InChI=1S/C39H23N3O/c1-3-9-26-19-30(15-13-24(26)7-1)37-40-38(31-16-14-25-8-2-4-10-27(25)20-31)42-39(41-37)32-17-18-35-33(22-32)34-21-28-11-5-6-12-29(28)23-36(34)43-35/h1-23H. The van der Waals surface area contributed by atoms with E-state index in [0.717, 1.165) is 54.8 Å². The second-order valence-corrected chi connectivity index (χ2v) is 10.9. The molecule has 0 amide bonds. The lowest BCUT2D eigenvalue weighted by Crippen LogP contribution is -2.00. The second kappa shape index (κ2) is 9.33. The largest absolute Gasteiger partial charge is 0.456 e. The van der Waals surface area contributed by atoms with Crippen LogP contribution in [0.5, 0.6) is 0 Å². The summed E-state index contributed by atoms with van der Waals surface area (Å²) in [6, 6.07) is 48.3. The van der Waals surface area contributed by atoms with Gasteiger partial charge < -0.3 is 4.42 Å². The summed E-state index contributed by atoms with van der Waals surface area (Å²) in [5.41, 5.74) is 4.52. The molecule has 9 aromatic rings. The molecule has 43 heavy (non-hydrogen) atoms. The third kappa shape index (κ3) is 4.03. The van der Waals surface area contributed by atoms with Crippen molar-refractivity contribution in [3.8, 4) is 34.2 Å². The summed E-state index contributed by atoms with van der Waals surface area (Å²) in [4.78, 5) is 15.1. The number of hydrogen-bond donors (Lipinski definition) is 0. The van der Waals surface area contributed by atoms with Crippen molar-refractivity contribution in [2.24, 2.45) is 0 Å². The number of benzene rings is 7. The van der Waals surface area contributed by atoms with Crippen LogP contribution in [0.4, 0.5) is 0 Å². The number of furan rings is 1. The molecule has 0 aliphatic rings. The lowest BCUT2D eigenvalue weighted by molar-refractivity contribution is 0.669. The van der Waals surface area contributed by atoms with E-state index in [1.807, 2.05) is 12.1 Å². The topological polar surface area (TPSA) is 51.8 Å². The van der Waals surface area contributed by atoms with Crippen LogP contribution in [0.1, 0.15) is 0 Å². The monoisotopic (exact) mass is 549 g/mol. The van der Waals surface area contributed by atoms with Crippen molar-refractivity contribution in [1.82, 2.24) is 15.0 Å². The number of nitrogens with zero attached hydrogens (tertiary/aromatic N) is 3. The maximum atomic E-state index is 6.27. The van der Waals surface area contributed by atoms with Crippen LogP contribution in [0.25, 0.3) is 88.4 Å². The molecule has 2 aromatic heterocycles. The lowest BCUT2D eigenvalue weighted by atomic mass is 10.0.